The zero-order valence-electron chi connectivity index (χ0n) is 9.60. The monoisotopic (exact) mass is 236 g/mol. The number of nitrogens with zero attached hydrogens (tertiary/aromatic N) is 1. The summed E-state index contributed by atoms with van der Waals surface area (Å²) in [5, 5.41) is 0. The quantitative estimate of drug-likeness (QED) is 0.783. The van der Waals surface area contributed by atoms with E-state index in [1.165, 1.54) is 0 Å². The van der Waals surface area contributed by atoms with Crippen molar-refractivity contribution in [3.8, 4) is 0 Å². The van der Waals surface area contributed by atoms with Crippen LogP contribution in [0.5, 0.6) is 0 Å². The molecule has 0 saturated carbocycles. The third-order valence-corrected chi connectivity index (χ3v) is 2.98. The van der Waals surface area contributed by atoms with Gasteiger partial charge in [-0.15, -0.1) is 12.4 Å². The molecule has 4 nitrogen and oxygen atoms in total. The molecule has 0 radical (unpaired) electrons. The molecule has 0 aromatic carbocycles. The first-order valence-corrected chi connectivity index (χ1v) is 5.14. The largest absolute Gasteiger partial charge is 0.379 e. The van der Waals surface area contributed by atoms with Gasteiger partial charge in [-0.1, -0.05) is 6.92 Å². The number of hydrogen-bond acceptors (Lipinski definition) is 3. The fourth-order valence-corrected chi connectivity index (χ4v) is 1.55. The minimum atomic E-state index is -0.111. The van der Waals surface area contributed by atoms with Gasteiger partial charge in [0.2, 0.25) is 5.91 Å². The van der Waals surface area contributed by atoms with Gasteiger partial charge in [-0.25, -0.2) is 0 Å². The summed E-state index contributed by atoms with van der Waals surface area (Å²) in [6.45, 7) is 5.16. The van der Waals surface area contributed by atoms with Crippen molar-refractivity contribution in [2.45, 2.75) is 32.4 Å². The van der Waals surface area contributed by atoms with Crippen molar-refractivity contribution in [2.75, 3.05) is 20.3 Å². The summed E-state index contributed by atoms with van der Waals surface area (Å²) in [6, 6.07) is 0.149. The molecule has 0 spiro atoms. The number of likely N-dealkylation sites (N-methyl/N-ethyl adjacent to an activating group) is 1. The van der Waals surface area contributed by atoms with Crippen molar-refractivity contribution < 1.29 is 9.53 Å². The van der Waals surface area contributed by atoms with Gasteiger partial charge >= 0.3 is 0 Å². The van der Waals surface area contributed by atoms with E-state index < -0.39 is 0 Å². The molecular weight excluding hydrogens is 216 g/mol. The molecule has 5 heteroatoms. The summed E-state index contributed by atoms with van der Waals surface area (Å²) in [4.78, 5) is 13.6. The van der Waals surface area contributed by atoms with Crippen LogP contribution in [0.4, 0.5) is 0 Å². The molecule has 15 heavy (non-hydrogen) atoms. The summed E-state index contributed by atoms with van der Waals surface area (Å²) in [6.07, 6.45) is 0.938. The van der Waals surface area contributed by atoms with E-state index >= 15 is 0 Å². The van der Waals surface area contributed by atoms with Crippen molar-refractivity contribution in [2.24, 2.45) is 11.7 Å². The number of carbonyl (C=O) groups is 1. The van der Waals surface area contributed by atoms with Crippen molar-refractivity contribution in [1.82, 2.24) is 4.90 Å². The number of rotatable bonds is 3. The Hall–Kier alpha value is -0.320. The van der Waals surface area contributed by atoms with Gasteiger partial charge in [0.05, 0.1) is 18.6 Å². The molecule has 1 aliphatic rings. The Bertz CT molecular complexity index is 206. The maximum absolute atomic E-state index is 11.9. The molecule has 0 bridgehead atoms. The Labute approximate surface area is 97.5 Å². The fourth-order valence-electron chi connectivity index (χ4n) is 1.55. The normalized spacial score (nSPS) is 24.1. The molecule has 3 atom stereocenters. The molecule has 1 amide bonds. The molecule has 1 rings (SSSR count). The lowest BCUT2D eigenvalue weighted by Gasteiger charge is -2.27. The third kappa shape index (κ3) is 3.63. The van der Waals surface area contributed by atoms with E-state index in [-0.39, 0.29) is 36.3 Å². The average molecular weight is 237 g/mol. The van der Waals surface area contributed by atoms with Crippen LogP contribution in [0, 0.1) is 5.92 Å². The Morgan fingerprint density at radius 1 is 1.53 bits per heavy atom. The van der Waals surface area contributed by atoms with Crippen molar-refractivity contribution >= 4 is 18.3 Å². The minimum absolute atomic E-state index is 0. The number of carbonyl (C=O) groups excluding carboxylic acids is 1. The van der Waals surface area contributed by atoms with E-state index in [1.807, 2.05) is 20.9 Å². The van der Waals surface area contributed by atoms with E-state index in [2.05, 4.69) is 0 Å². The second-order valence-corrected chi connectivity index (χ2v) is 4.11. The number of ether oxygens (including phenoxy) is 1. The lowest BCUT2D eigenvalue weighted by molar-refractivity contribution is -0.136. The molecular formula is C10H21ClN2O2. The van der Waals surface area contributed by atoms with Gasteiger partial charge in [0.15, 0.2) is 0 Å². The minimum Gasteiger partial charge on any atom is -0.379 e. The van der Waals surface area contributed by atoms with Gasteiger partial charge in [0.25, 0.3) is 0 Å². The van der Waals surface area contributed by atoms with Gasteiger partial charge < -0.3 is 15.4 Å². The van der Waals surface area contributed by atoms with Crippen LogP contribution in [0.25, 0.3) is 0 Å². The Balaban J connectivity index is 0.00000196. The van der Waals surface area contributed by atoms with E-state index in [4.69, 9.17) is 10.5 Å². The Morgan fingerprint density at radius 2 is 2.13 bits per heavy atom. The SMILES string of the molecule is CC(N)C(C)C(=O)N(C)C1CCOC1.Cl. The highest BCUT2D eigenvalue weighted by atomic mass is 35.5. The predicted molar refractivity (Wildman–Crippen MR) is 62.1 cm³/mol. The van der Waals surface area contributed by atoms with Gasteiger partial charge in [-0.05, 0) is 13.3 Å². The number of amides is 1. The molecule has 2 N–H and O–H groups in total. The molecule has 90 valence electrons. The highest BCUT2D eigenvalue weighted by Crippen LogP contribution is 2.14. The number of nitrogens with two attached hydrogens (primary N) is 1. The van der Waals surface area contributed by atoms with Crippen LogP contribution < -0.4 is 5.73 Å². The average Bonchev–Trinajstić information content (AvgIpc) is 2.67. The summed E-state index contributed by atoms with van der Waals surface area (Å²) in [5.41, 5.74) is 5.69. The Morgan fingerprint density at radius 3 is 2.53 bits per heavy atom. The molecule has 0 aromatic heterocycles. The van der Waals surface area contributed by atoms with Gasteiger partial charge in [0, 0.05) is 19.7 Å². The number of halogens is 1. The van der Waals surface area contributed by atoms with Gasteiger partial charge in [-0.3, -0.25) is 4.79 Å². The summed E-state index contributed by atoms with van der Waals surface area (Å²) in [5.74, 6) is 0.0103. The van der Waals surface area contributed by atoms with Crippen LogP contribution >= 0.6 is 12.4 Å². The van der Waals surface area contributed by atoms with Crippen molar-refractivity contribution in [1.29, 1.82) is 0 Å². The molecule has 1 heterocycles. The number of hydrogen-bond donors (Lipinski definition) is 1. The summed E-state index contributed by atoms with van der Waals surface area (Å²) < 4.78 is 5.24. The zero-order valence-corrected chi connectivity index (χ0v) is 10.4. The first kappa shape index (κ1) is 14.7. The topological polar surface area (TPSA) is 55.6 Å². The maximum Gasteiger partial charge on any atom is 0.227 e. The molecule has 0 aromatic rings. The Kier molecular flexibility index (Phi) is 6.17. The highest BCUT2D eigenvalue weighted by molar-refractivity contribution is 5.85. The van der Waals surface area contributed by atoms with Crippen LogP contribution in [0.3, 0.4) is 0 Å². The van der Waals surface area contributed by atoms with Gasteiger partial charge in [0.1, 0.15) is 0 Å². The molecule has 1 fully saturated rings. The van der Waals surface area contributed by atoms with Crippen molar-refractivity contribution in [3.05, 3.63) is 0 Å². The van der Waals surface area contributed by atoms with Gasteiger partial charge in [-0.2, -0.15) is 0 Å². The lowest BCUT2D eigenvalue weighted by Crippen LogP contribution is -2.44. The first-order chi connectivity index (χ1) is 6.54. The maximum atomic E-state index is 11.9. The van der Waals surface area contributed by atoms with Crippen LogP contribution in [-0.2, 0) is 9.53 Å². The zero-order chi connectivity index (χ0) is 10.7. The highest BCUT2D eigenvalue weighted by Gasteiger charge is 2.28. The van der Waals surface area contributed by atoms with Crippen molar-refractivity contribution in [3.63, 3.8) is 0 Å². The smallest absolute Gasteiger partial charge is 0.227 e. The summed E-state index contributed by atoms with van der Waals surface area (Å²) >= 11 is 0. The van der Waals surface area contributed by atoms with E-state index in [9.17, 15) is 4.79 Å². The molecule has 1 saturated heterocycles. The third-order valence-electron chi connectivity index (χ3n) is 2.98. The molecule has 1 aliphatic heterocycles. The second-order valence-electron chi connectivity index (χ2n) is 4.11. The first-order valence-electron chi connectivity index (χ1n) is 5.14. The van der Waals surface area contributed by atoms with E-state index in [0.29, 0.717) is 6.61 Å². The molecule has 0 aliphatic carbocycles. The van der Waals surface area contributed by atoms with Crippen LogP contribution in [-0.4, -0.2) is 43.2 Å². The van der Waals surface area contributed by atoms with E-state index in [0.717, 1.165) is 13.0 Å². The lowest BCUT2D eigenvalue weighted by atomic mass is 10.0. The van der Waals surface area contributed by atoms with Crippen LogP contribution in [0.1, 0.15) is 20.3 Å². The van der Waals surface area contributed by atoms with E-state index in [1.54, 1.807) is 4.90 Å². The second kappa shape index (κ2) is 6.30. The summed E-state index contributed by atoms with van der Waals surface area (Å²) in [7, 11) is 1.83. The predicted octanol–water partition coefficient (Wildman–Crippen LogP) is 0.639. The standard InChI is InChI=1S/C10H20N2O2.ClH/c1-7(8(2)11)10(13)12(3)9-4-5-14-6-9;/h7-9H,4-6,11H2,1-3H3;1H. The van der Waals surface area contributed by atoms with Crippen LogP contribution in [0.15, 0.2) is 0 Å². The molecule has 3 unspecified atom stereocenters. The van der Waals surface area contributed by atoms with Crippen LogP contribution in [0.2, 0.25) is 0 Å². The fraction of sp³-hybridized carbons (Fsp3) is 0.900.